The van der Waals surface area contributed by atoms with Crippen LogP contribution < -0.4 is 14.4 Å². The van der Waals surface area contributed by atoms with Gasteiger partial charge in [0.1, 0.15) is 11.4 Å². The average molecular weight is 736 g/mol. The van der Waals surface area contributed by atoms with Crippen LogP contribution in [0.25, 0.3) is 0 Å². The summed E-state index contributed by atoms with van der Waals surface area (Å²) in [6.45, 7) is 6.87. The summed E-state index contributed by atoms with van der Waals surface area (Å²) in [6.07, 6.45) is 10.1. The molecule has 3 aromatic rings. The Morgan fingerprint density at radius 3 is 2.73 bits per heavy atom. The zero-order valence-electron chi connectivity index (χ0n) is 29.8. The molecule has 3 heterocycles. The van der Waals surface area contributed by atoms with Gasteiger partial charge in [0, 0.05) is 43.4 Å². The van der Waals surface area contributed by atoms with Gasteiger partial charge in [-0.15, -0.1) is 4.36 Å². The summed E-state index contributed by atoms with van der Waals surface area (Å²) in [6, 6.07) is 11.4. The van der Waals surface area contributed by atoms with Crippen molar-refractivity contribution in [1.29, 1.82) is 0 Å². The second kappa shape index (κ2) is 13.7. The quantitative estimate of drug-likeness (QED) is 0.327. The zero-order valence-corrected chi connectivity index (χ0v) is 31.4. The van der Waals surface area contributed by atoms with Gasteiger partial charge in [-0.1, -0.05) is 29.8 Å². The minimum atomic E-state index is -3.89. The molecule has 7 rings (SSSR count). The van der Waals surface area contributed by atoms with Crippen molar-refractivity contribution in [2.24, 2.45) is 23.2 Å². The maximum absolute atomic E-state index is 15.1. The molecule has 272 valence electrons. The molecule has 4 aliphatic rings. The number of aryl methyl sites for hydroxylation is 2. The molecule has 2 aliphatic heterocycles. The number of halogens is 1. The number of hydrogen-bond donors (Lipinski definition) is 1. The Bertz CT molecular complexity index is 2020. The third-order valence-corrected chi connectivity index (χ3v) is 13.3. The topological polar surface area (TPSA) is 124 Å². The van der Waals surface area contributed by atoms with Gasteiger partial charge in [-0.05, 0) is 106 Å². The van der Waals surface area contributed by atoms with Crippen molar-refractivity contribution in [2.75, 3.05) is 38.3 Å². The van der Waals surface area contributed by atoms with E-state index in [0.717, 1.165) is 42.8 Å². The van der Waals surface area contributed by atoms with E-state index in [9.17, 15) is 9.59 Å². The molecule has 5 atom stereocenters. The summed E-state index contributed by atoms with van der Waals surface area (Å²) in [5.74, 6) is -0.186. The molecule has 0 saturated heterocycles. The van der Waals surface area contributed by atoms with Crippen LogP contribution in [0.1, 0.15) is 66.7 Å². The summed E-state index contributed by atoms with van der Waals surface area (Å²) >= 11 is 6.47. The van der Waals surface area contributed by atoms with Crippen LogP contribution in [0.15, 0.2) is 64.0 Å². The molecule has 2 bridgehead atoms. The molecule has 1 spiro atoms. The number of fused-ring (bicyclic) bond motifs is 4. The number of benzene rings is 2. The first kappa shape index (κ1) is 35.7. The highest BCUT2D eigenvalue weighted by molar-refractivity contribution is 7.92. The Morgan fingerprint density at radius 1 is 1.18 bits per heavy atom. The van der Waals surface area contributed by atoms with Crippen LogP contribution in [0, 0.1) is 18.8 Å². The van der Waals surface area contributed by atoms with Crippen LogP contribution in [-0.2, 0) is 43.1 Å². The van der Waals surface area contributed by atoms with Gasteiger partial charge in [0.2, 0.25) is 0 Å². The van der Waals surface area contributed by atoms with E-state index in [4.69, 9.17) is 25.8 Å². The molecule has 11 nitrogen and oxygen atoms in total. The smallest absolute Gasteiger partial charge is 0.287 e. The monoisotopic (exact) mass is 735 g/mol. The molecule has 1 fully saturated rings. The third kappa shape index (κ3) is 6.71. The van der Waals surface area contributed by atoms with E-state index in [0.29, 0.717) is 37.1 Å². The Hall–Kier alpha value is -3.71. The van der Waals surface area contributed by atoms with Crippen molar-refractivity contribution in [3.05, 3.63) is 82.2 Å². The summed E-state index contributed by atoms with van der Waals surface area (Å²) in [7, 11) is -0.443. The molecule has 0 radical (unpaired) electrons. The maximum Gasteiger partial charge on any atom is 0.287 e. The molecular formula is C38H46ClN5O6S. The highest BCUT2D eigenvalue weighted by atomic mass is 35.5. The van der Waals surface area contributed by atoms with Gasteiger partial charge in [-0.2, -0.15) is 5.10 Å². The lowest BCUT2D eigenvalue weighted by Crippen LogP contribution is -2.49. The van der Waals surface area contributed by atoms with E-state index < -0.39 is 27.3 Å². The lowest BCUT2D eigenvalue weighted by Gasteiger charge is -2.46. The number of nitrogens with zero attached hydrogens (tertiary/aromatic N) is 4. The largest absolute Gasteiger partial charge is 0.490 e. The van der Waals surface area contributed by atoms with Gasteiger partial charge in [0.15, 0.2) is 9.92 Å². The van der Waals surface area contributed by atoms with Crippen LogP contribution in [0.5, 0.6) is 5.75 Å². The van der Waals surface area contributed by atoms with Gasteiger partial charge in [0.05, 0.1) is 41.7 Å². The summed E-state index contributed by atoms with van der Waals surface area (Å²) < 4.78 is 42.2. The Kier molecular flexibility index (Phi) is 9.58. The van der Waals surface area contributed by atoms with Crippen molar-refractivity contribution < 1.29 is 28.0 Å². The standard InChI is InChI=1S/C38H46ClN5O6S/c1-24-30(20-40-43(24)4)35(45)41-51(47)28-12-15-34-32(19-28)44(22-38(23-49-34)16-6-8-25-18-27(39)11-14-31(25)38)21-26-10-13-29(26)33(48-5)9-7-17-50-37(2,3)36(46)42-51/h7,9,11-12,14-15,18-20,26,29,33H,6,8,10,13,16-17,21-23H2,1-5H3,(H,41,42,45,46,47)/b9-7+/t26-,29+,33+,38-,51-/m0/s1. The number of nitrogens with one attached hydrogen (secondary N) is 1. The summed E-state index contributed by atoms with van der Waals surface area (Å²) in [5.41, 5.74) is 2.28. The molecular weight excluding hydrogens is 690 g/mol. The molecule has 13 heteroatoms. The number of amides is 2. The fourth-order valence-electron chi connectivity index (χ4n) is 7.97. The Balaban J connectivity index is 1.38. The van der Waals surface area contributed by atoms with E-state index in [1.54, 1.807) is 57.8 Å². The van der Waals surface area contributed by atoms with E-state index >= 15 is 4.21 Å². The molecule has 1 N–H and O–H groups in total. The van der Waals surface area contributed by atoms with Crippen LogP contribution in [0.4, 0.5) is 5.69 Å². The van der Waals surface area contributed by atoms with Gasteiger partial charge in [-0.25, -0.2) is 4.21 Å². The number of carbonyl (C=O) groups is 2. The second-order valence-corrected chi connectivity index (χ2v) is 17.2. The van der Waals surface area contributed by atoms with Crippen molar-refractivity contribution in [1.82, 2.24) is 14.5 Å². The lowest BCUT2D eigenvalue weighted by atomic mass is 9.68. The van der Waals surface area contributed by atoms with Gasteiger partial charge < -0.3 is 19.1 Å². The van der Waals surface area contributed by atoms with Crippen LogP contribution >= 0.6 is 11.6 Å². The number of methoxy groups -OCH3 is 1. The molecule has 51 heavy (non-hydrogen) atoms. The van der Waals surface area contributed by atoms with E-state index in [1.807, 2.05) is 18.2 Å². The fourth-order valence-corrected chi connectivity index (χ4v) is 9.77. The summed E-state index contributed by atoms with van der Waals surface area (Å²) in [5, 5.41) is 4.90. The van der Waals surface area contributed by atoms with E-state index in [2.05, 4.69) is 31.2 Å². The van der Waals surface area contributed by atoms with Crippen molar-refractivity contribution in [3.8, 4) is 5.75 Å². The molecule has 2 aliphatic carbocycles. The third-order valence-electron chi connectivity index (χ3n) is 11.3. The van der Waals surface area contributed by atoms with Crippen LogP contribution in [0.3, 0.4) is 0 Å². The normalized spacial score (nSPS) is 29.4. The molecule has 2 amide bonds. The minimum Gasteiger partial charge on any atom is -0.490 e. The van der Waals surface area contributed by atoms with Crippen LogP contribution in [0.2, 0.25) is 5.02 Å². The average Bonchev–Trinajstić information content (AvgIpc) is 3.34. The number of carbonyl (C=O) groups excluding carboxylic acids is 2. The van der Waals surface area contributed by atoms with Crippen molar-refractivity contribution >= 4 is 39.0 Å². The first-order valence-electron chi connectivity index (χ1n) is 17.6. The second-order valence-electron chi connectivity index (χ2n) is 14.8. The summed E-state index contributed by atoms with van der Waals surface area (Å²) in [4.78, 5) is 30.1. The number of ether oxygens (including phenoxy) is 3. The highest BCUT2D eigenvalue weighted by Gasteiger charge is 2.45. The van der Waals surface area contributed by atoms with E-state index in [1.165, 1.54) is 17.3 Å². The molecule has 1 aromatic heterocycles. The van der Waals surface area contributed by atoms with Crippen molar-refractivity contribution in [3.63, 3.8) is 0 Å². The lowest BCUT2D eigenvalue weighted by molar-refractivity contribution is -0.137. The predicted molar refractivity (Wildman–Crippen MR) is 196 cm³/mol. The van der Waals surface area contributed by atoms with Gasteiger partial charge >= 0.3 is 0 Å². The van der Waals surface area contributed by atoms with Gasteiger partial charge in [-0.3, -0.25) is 19.0 Å². The molecule has 0 unspecified atom stereocenters. The number of anilines is 1. The number of rotatable bonds is 3. The zero-order chi connectivity index (χ0) is 36.1. The fraction of sp³-hybridized carbons (Fsp3) is 0.500. The minimum absolute atomic E-state index is 0.117. The number of aromatic nitrogens is 2. The SMILES string of the molecule is CO[C@@H]1/C=C/COC(C)(C)C(=O)N=[S@@](=O)(NC(=O)c2cnn(C)c2C)c2ccc3c(c2)N(C[C@@H]2CC[C@H]21)C[C@@]1(CCCc2cc(Cl)ccc21)CO3. The highest BCUT2D eigenvalue weighted by Crippen LogP contribution is 2.47. The molecule has 1 saturated carbocycles. The Labute approximate surface area is 305 Å². The van der Waals surface area contributed by atoms with Gasteiger partial charge in [0.25, 0.3) is 11.8 Å². The van der Waals surface area contributed by atoms with Crippen LogP contribution in [-0.4, -0.2) is 70.9 Å². The Morgan fingerprint density at radius 2 is 2.00 bits per heavy atom. The predicted octanol–water partition coefficient (Wildman–Crippen LogP) is 5.96. The first-order chi connectivity index (χ1) is 24.3. The van der Waals surface area contributed by atoms with E-state index in [-0.39, 0.29) is 34.5 Å². The first-order valence-corrected chi connectivity index (χ1v) is 19.5. The number of hydrogen-bond acceptors (Lipinski definition) is 8. The van der Waals surface area contributed by atoms with Crippen molar-refractivity contribution in [2.45, 2.75) is 74.9 Å². The molecule has 2 aromatic carbocycles. The maximum atomic E-state index is 15.1.